The summed E-state index contributed by atoms with van der Waals surface area (Å²) in [5.74, 6) is 1.94. The van der Waals surface area contributed by atoms with Crippen LogP contribution in [0.4, 0.5) is 5.82 Å². The Morgan fingerprint density at radius 1 is 1.11 bits per heavy atom. The minimum atomic E-state index is 0.147. The fourth-order valence-electron chi connectivity index (χ4n) is 4.83. The van der Waals surface area contributed by atoms with Crippen molar-refractivity contribution in [2.75, 3.05) is 38.2 Å². The molecule has 0 radical (unpaired) electrons. The third-order valence-electron chi connectivity index (χ3n) is 6.99. The van der Waals surface area contributed by atoms with Crippen molar-refractivity contribution in [3.05, 3.63) is 60.7 Å². The smallest absolute Gasteiger partial charge is 0.158 e. The molecule has 2 saturated heterocycles. The zero-order valence-corrected chi connectivity index (χ0v) is 20.4. The molecule has 6 rings (SSSR count). The summed E-state index contributed by atoms with van der Waals surface area (Å²) >= 11 is 0. The van der Waals surface area contributed by atoms with Crippen LogP contribution >= 0.6 is 0 Å². The van der Waals surface area contributed by atoms with Crippen LogP contribution in [-0.2, 0) is 4.74 Å². The molecule has 2 aliphatic heterocycles. The first kappa shape index (κ1) is 22.9. The van der Waals surface area contributed by atoms with E-state index in [0.717, 1.165) is 66.3 Å². The lowest BCUT2D eigenvalue weighted by atomic mass is 10.00. The first-order chi connectivity index (χ1) is 17.7. The molecule has 0 aliphatic carbocycles. The number of aromatic nitrogens is 5. The number of para-hydroxylation sites is 1. The maximum Gasteiger partial charge on any atom is 0.158 e. The highest BCUT2D eigenvalue weighted by molar-refractivity contribution is 5.80. The lowest BCUT2D eigenvalue weighted by Gasteiger charge is -2.28. The monoisotopic (exact) mass is 485 g/mol. The van der Waals surface area contributed by atoms with Gasteiger partial charge < -0.3 is 20.1 Å². The summed E-state index contributed by atoms with van der Waals surface area (Å²) in [6, 6.07) is 12.7. The average molecular weight is 486 g/mol. The number of nitrogens with one attached hydrogen (secondary N) is 2. The number of pyridine rings is 1. The van der Waals surface area contributed by atoms with Gasteiger partial charge in [-0.3, -0.25) is 0 Å². The fraction of sp³-hybridized carbons (Fsp3) is 0.407. The van der Waals surface area contributed by atoms with Gasteiger partial charge in [0.25, 0.3) is 0 Å². The number of benzene rings is 1. The quantitative estimate of drug-likeness (QED) is 0.389. The zero-order chi connectivity index (χ0) is 24.3. The Labute approximate surface area is 210 Å². The molecule has 0 amide bonds. The SMILES string of the molecule is CC(CNc1cc(-c2cnc3c(cnn3C3CCNCC3)c2)ncn1)c1ccccc1OC1COC1. The fourth-order valence-corrected chi connectivity index (χ4v) is 4.83. The number of fused-ring (bicyclic) bond motifs is 1. The van der Waals surface area contributed by atoms with Crippen molar-refractivity contribution in [1.29, 1.82) is 0 Å². The van der Waals surface area contributed by atoms with Crippen molar-refractivity contribution in [3.63, 3.8) is 0 Å². The summed E-state index contributed by atoms with van der Waals surface area (Å²) in [6.45, 7) is 6.26. The molecule has 1 atom stereocenters. The van der Waals surface area contributed by atoms with Crippen LogP contribution in [0.15, 0.2) is 55.1 Å². The second kappa shape index (κ2) is 10.2. The largest absolute Gasteiger partial charge is 0.485 e. The zero-order valence-electron chi connectivity index (χ0n) is 20.4. The number of anilines is 1. The Balaban J connectivity index is 1.15. The molecule has 9 heteroatoms. The van der Waals surface area contributed by atoms with Crippen molar-refractivity contribution < 1.29 is 9.47 Å². The van der Waals surface area contributed by atoms with Crippen molar-refractivity contribution in [3.8, 4) is 17.0 Å². The lowest BCUT2D eigenvalue weighted by molar-refractivity contribution is -0.0800. The molecule has 2 aliphatic rings. The minimum Gasteiger partial charge on any atom is -0.485 e. The van der Waals surface area contributed by atoms with Crippen LogP contribution < -0.4 is 15.4 Å². The molecule has 4 aromatic rings. The van der Waals surface area contributed by atoms with Crippen LogP contribution in [-0.4, -0.2) is 63.7 Å². The van der Waals surface area contributed by atoms with E-state index < -0.39 is 0 Å². The van der Waals surface area contributed by atoms with E-state index in [1.165, 1.54) is 5.56 Å². The predicted octanol–water partition coefficient (Wildman–Crippen LogP) is 3.81. The van der Waals surface area contributed by atoms with Gasteiger partial charge in [0.1, 0.15) is 24.0 Å². The highest BCUT2D eigenvalue weighted by Gasteiger charge is 2.22. The van der Waals surface area contributed by atoms with Crippen molar-refractivity contribution >= 4 is 16.9 Å². The summed E-state index contributed by atoms with van der Waals surface area (Å²) in [4.78, 5) is 13.7. The van der Waals surface area contributed by atoms with E-state index in [-0.39, 0.29) is 12.0 Å². The number of hydrogen-bond acceptors (Lipinski definition) is 8. The van der Waals surface area contributed by atoms with Gasteiger partial charge in [-0.1, -0.05) is 25.1 Å². The Morgan fingerprint density at radius 3 is 2.81 bits per heavy atom. The van der Waals surface area contributed by atoms with Crippen LogP contribution in [0.3, 0.4) is 0 Å². The van der Waals surface area contributed by atoms with E-state index in [2.05, 4.69) is 55.5 Å². The summed E-state index contributed by atoms with van der Waals surface area (Å²) in [5, 5.41) is 12.6. The Hall–Kier alpha value is -3.56. The van der Waals surface area contributed by atoms with E-state index in [1.54, 1.807) is 6.33 Å². The molecule has 1 unspecified atom stereocenters. The van der Waals surface area contributed by atoms with E-state index in [9.17, 15) is 0 Å². The van der Waals surface area contributed by atoms with Crippen LogP contribution in [0, 0.1) is 0 Å². The van der Waals surface area contributed by atoms with Gasteiger partial charge in [0, 0.05) is 35.7 Å². The molecule has 5 heterocycles. The number of nitrogens with zero attached hydrogens (tertiary/aromatic N) is 5. The predicted molar refractivity (Wildman–Crippen MR) is 138 cm³/mol. The van der Waals surface area contributed by atoms with E-state index in [1.807, 2.05) is 30.6 Å². The van der Waals surface area contributed by atoms with Crippen LogP contribution in [0.5, 0.6) is 5.75 Å². The molecule has 0 spiro atoms. The highest BCUT2D eigenvalue weighted by atomic mass is 16.6. The normalized spacial score (nSPS) is 17.6. The van der Waals surface area contributed by atoms with Gasteiger partial charge >= 0.3 is 0 Å². The molecule has 2 fully saturated rings. The Kier molecular flexibility index (Phi) is 6.48. The van der Waals surface area contributed by atoms with Crippen molar-refractivity contribution in [1.82, 2.24) is 30.0 Å². The van der Waals surface area contributed by atoms with Gasteiger partial charge in [-0.2, -0.15) is 5.10 Å². The number of rotatable bonds is 8. The second-order valence-electron chi connectivity index (χ2n) is 9.59. The summed E-state index contributed by atoms with van der Waals surface area (Å²) < 4.78 is 13.4. The second-order valence-corrected chi connectivity index (χ2v) is 9.59. The van der Waals surface area contributed by atoms with Crippen LogP contribution in [0.25, 0.3) is 22.3 Å². The molecule has 186 valence electrons. The molecule has 1 aromatic carbocycles. The average Bonchev–Trinajstić information content (AvgIpc) is 3.34. The molecule has 3 aromatic heterocycles. The molecular formula is C27H31N7O2. The summed E-state index contributed by atoms with van der Waals surface area (Å²) in [7, 11) is 0. The van der Waals surface area contributed by atoms with E-state index >= 15 is 0 Å². The Bertz CT molecular complexity index is 1330. The van der Waals surface area contributed by atoms with Crippen molar-refractivity contribution in [2.24, 2.45) is 0 Å². The first-order valence-electron chi connectivity index (χ1n) is 12.7. The van der Waals surface area contributed by atoms with Crippen molar-refractivity contribution in [2.45, 2.75) is 37.8 Å². The van der Waals surface area contributed by atoms with Gasteiger partial charge in [0.15, 0.2) is 5.65 Å². The number of ether oxygens (including phenoxy) is 2. The van der Waals surface area contributed by atoms with Crippen LogP contribution in [0.1, 0.15) is 37.3 Å². The molecule has 0 saturated carbocycles. The summed E-state index contributed by atoms with van der Waals surface area (Å²) in [6.07, 6.45) is 7.68. The minimum absolute atomic E-state index is 0.147. The highest BCUT2D eigenvalue weighted by Crippen LogP contribution is 2.29. The maximum absolute atomic E-state index is 6.11. The Morgan fingerprint density at radius 2 is 1.97 bits per heavy atom. The van der Waals surface area contributed by atoms with Gasteiger partial charge in [-0.05, 0) is 43.6 Å². The topological polar surface area (TPSA) is 99.0 Å². The van der Waals surface area contributed by atoms with Gasteiger partial charge in [-0.25, -0.2) is 19.6 Å². The molecule has 36 heavy (non-hydrogen) atoms. The maximum atomic E-state index is 6.11. The third-order valence-corrected chi connectivity index (χ3v) is 6.99. The standard InChI is InChI=1S/C27H31N7O2/c1-18(23-4-2-3-5-25(23)36-22-15-35-16-22)12-29-26-11-24(31-17-32-26)19-10-20-14-33-34(27(20)30-13-19)21-6-8-28-9-7-21/h2-5,10-11,13-14,17-18,21-22,28H,6-9,12,15-16H2,1H3,(H,29,31,32). The molecule has 2 N–H and O–H groups in total. The lowest BCUT2D eigenvalue weighted by Crippen LogP contribution is -2.38. The molecule has 0 bridgehead atoms. The first-order valence-corrected chi connectivity index (χ1v) is 12.7. The van der Waals surface area contributed by atoms with E-state index in [0.29, 0.717) is 19.3 Å². The van der Waals surface area contributed by atoms with Gasteiger partial charge in [0.2, 0.25) is 0 Å². The van der Waals surface area contributed by atoms with Gasteiger partial charge in [-0.15, -0.1) is 0 Å². The van der Waals surface area contributed by atoms with Crippen LogP contribution in [0.2, 0.25) is 0 Å². The number of hydrogen-bond donors (Lipinski definition) is 2. The summed E-state index contributed by atoms with van der Waals surface area (Å²) in [5.41, 5.74) is 3.89. The number of piperidine rings is 1. The van der Waals surface area contributed by atoms with E-state index in [4.69, 9.17) is 14.5 Å². The van der Waals surface area contributed by atoms with Gasteiger partial charge in [0.05, 0.1) is 31.1 Å². The molecule has 9 nitrogen and oxygen atoms in total. The third kappa shape index (κ3) is 4.76. The molecular weight excluding hydrogens is 454 g/mol.